The van der Waals surface area contributed by atoms with Crippen LogP contribution >= 0.6 is 11.8 Å². The van der Waals surface area contributed by atoms with Gasteiger partial charge in [0.05, 0.1) is 16.2 Å². The molecule has 0 spiro atoms. The summed E-state index contributed by atoms with van der Waals surface area (Å²) < 4.78 is 14.4. The summed E-state index contributed by atoms with van der Waals surface area (Å²) in [5.41, 5.74) is 1.35. The number of Topliss-reactive ketones (excluding diaryl/α,β-unsaturated/α-hetero) is 1. The van der Waals surface area contributed by atoms with Crippen molar-refractivity contribution in [1.29, 1.82) is 0 Å². The molecule has 0 saturated heterocycles. The molecule has 1 unspecified atom stereocenters. The molecule has 0 N–H and O–H groups in total. The highest BCUT2D eigenvalue weighted by Crippen LogP contribution is 2.22. The van der Waals surface area contributed by atoms with Crippen LogP contribution in [0.5, 0.6) is 0 Å². The maximum absolute atomic E-state index is 12.7. The van der Waals surface area contributed by atoms with Gasteiger partial charge in [-0.05, 0) is 36.4 Å². The summed E-state index contributed by atoms with van der Waals surface area (Å²) in [6.45, 7) is 1.44. The third kappa shape index (κ3) is 3.49. The van der Waals surface area contributed by atoms with Gasteiger partial charge in [0.15, 0.2) is 21.9 Å². The summed E-state index contributed by atoms with van der Waals surface area (Å²) in [5.74, 6) is 0.0475. The van der Waals surface area contributed by atoms with Crippen molar-refractivity contribution in [3.05, 3.63) is 66.4 Å². The van der Waals surface area contributed by atoms with Crippen molar-refractivity contribution >= 4 is 44.5 Å². The largest absolute Gasteiger partial charge is 0.293 e. The molecule has 1 atom stereocenters. The Morgan fingerprint density at radius 3 is 2.54 bits per heavy atom. The van der Waals surface area contributed by atoms with E-state index in [-0.39, 0.29) is 16.7 Å². The fourth-order valence-corrected chi connectivity index (χ4v) is 3.97. The Labute approximate surface area is 146 Å². The van der Waals surface area contributed by atoms with Crippen LogP contribution in [0, 0.1) is 0 Å². The number of rotatable bonds is 5. The molecule has 0 amide bonds. The molecule has 6 heteroatoms. The lowest BCUT2D eigenvalue weighted by Gasteiger charge is -2.06. The second kappa shape index (κ2) is 7.15. The van der Waals surface area contributed by atoms with Gasteiger partial charge in [0.2, 0.25) is 0 Å². The molecule has 122 valence electrons. The second-order valence-corrected chi connectivity index (χ2v) is 7.70. The maximum atomic E-state index is 12.7. The Morgan fingerprint density at radius 1 is 1.08 bits per heavy atom. The number of hydrogen-bond donors (Lipinski definition) is 0. The van der Waals surface area contributed by atoms with Crippen LogP contribution in [0.3, 0.4) is 0 Å². The van der Waals surface area contributed by atoms with E-state index in [1.54, 1.807) is 28.4 Å². The molecule has 3 aromatic rings. The van der Waals surface area contributed by atoms with Crippen LogP contribution < -0.4 is 0 Å². The number of carbonyl (C=O) groups is 2. The Kier molecular flexibility index (Phi) is 4.97. The molecular formula is C18H15NO3S2. The minimum atomic E-state index is -1.33. The highest BCUT2D eigenvalue weighted by Gasteiger charge is 2.13. The van der Waals surface area contributed by atoms with Crippen molar-refractivity contribution in [3.63, 3.8) is 0 Å². The van der Waals surface area contributed by atoms with Gasteiger partial charge in [-0.2, -0.15) is 0 Å². The summed E-state index contributed by atoms with van der Waals surface area (Å²) in [7, 11) is -1.33. The third-order valence-electron chi connectivity index (χ3n) is 3.51. The number of thioether (sulfide) groups is 1. The Bertz CT molecular complexity index is 932. The molecule has 0 aliphatic heterocycles. The third-order valence-corrected chi connectivity index (χ3v) is 5.67. The zero-order valence-corrected chi connectivity index (χ0v) is 14.6. The van der Waals surface area contributed by atoms with Crippen LogP contribution in [-0.4, -0.2) is 24.8 Å². The Balaban J connectivity index is 1.90. The fourth-order valence-electron chi connectivity index (χ4n) is 2.34. The van der Waals surface area contributed by atoms with E-state index in [0.717, 1.165) is 22.7 Å². The number of ketones is 1. The normalized spacial score (nSPS) is 12.2. The van der Waals surface area contributed by atoms with E-state index in [4.69, 9.17) is 0 Å². The van der Waals surface area contributed by atoms with Crippen molar-refractivity contribution in [2.24, 2.45) is 0 Å². The van der Waals surface area contributed by atoms with Crippen molar-refractivity contribution < 1.29 is 13.8 Å². The summed E-state index contributed by atoms with van der Waals surface area (Å²) in [6.07, 6.45) is 1.76. The number of aromatic nitrogens is 1. The van der Waals surface area contributed by atoms with E-state index in [1.165, 1.54) is 6.92 Å². The first-order valence-electron chi connectivity index (χ1n) is 7.31. The molecule has 0 saturated carbocycles. The first-order chi connectivity index (χ1) is 11.6. The van der Waals surface area contributed by atoms with Gasteiger partial charge in [0.1, 0.15) is 0 Å². The quantitative estimate of drug-likeness (QED) is 0.654. The van der Waals surface area contributed by atoms with Crippen molar-refractivity contribution in [3.8, 4) is 0 Å². The average Bonchev–Trinajstić information content (AvgIpc) is 3.02. The first kappa shape index (κ1) is 16.7. The lowest BCUT2D eigenvalue weighted by Crippen LogP contribution is -2.05. The van der Waals surface area contributed by atoms with Crippen LogP contribution in [0.2, 0.25) is 0 Å². The summed E-state index contributed by atoms with van der Waals surface area (Å²) in [4.78, 5) is 23.8. The van der Waals surface area contributed by atoms with Gasteiger partial charge >= 0.3 is 0 Å². The van der Waals surface area contributed by atoms with Crippen molar-refractivity contribution in [2.75, 3.05) is 5.75 Å². The summed E-state index contributed by atoms with van der Waals surface area (Å²) in [5, 5.41) is 0.770. The zero-order valence-electron chi connectivity index (χ0n) is 13.0. The van der Waals surface area contributed by atoms with E-state index in [9.17, 15) is 13.8 Å². The van der Waals surface area contributed by atoms with Crippen LogP contribution in [-0.2, 0) is 15.8 Å². The minimum absolute atomic E-state index is 0.0751. The minimum Gasteiger partial charge on any atom is -0.293 e. The molecular weight excluding hydrogens is 342 g/mol. The molecule has 4 nitrogen and oxygen atoms in total. The van der Waals surface area contributed by atoms with E-state index in [2.05, 4.69) is 0 Å². The second-order valence-electron chi connectivity index (χ2n) is 5.18. The smallest absolute Gasteiger partial charge is 0.186 e. The van der Waals surface area contributed by atoms with Crippen LogP contribution in [0.25, 0.3) is 10.9 Å². The molecule has 0 aliphatic rings. The fraction of sp³-hybridized carbons (Fsp3) is 0.111. The predicted molar refractivity (Wildman–Crippen MR) is 97.7 cm³/mol. The first-order valence-corrected chi connectivity index (χ1v) is 9.40. The maximum Gasteiger partial charge on any atom is 0.186 e. The standard InChI is InChI=1S/C18H15NO3S2/c1-13(20)23-12-18(21)15-7-8-17-14(11-15)9-10-19(17)24(22)16-5-3-2-4-6-16/h2-11H,12H2,1H3. The predicted octanol–water partition coefficient (Wildman–Crippen LogP) is 3.67. The lowest BCUT2D eigenvalue weighted by molar-refractivity contribution is -0.109. The summed E-state index contributed by atoms with van der Waals surface area (Å²) >= 11 is 1.00. The molecule has 0 bridgehead atoms. The van der Waals surface area contributed by atoms with Gasteiger partial charge in [-0.15, -0.1) is 0 Å². The number of carbonyl (C=O) groups excluding carboxylic acids is 2. The van der Waals surface area contributed by atoms with E-state index < -0.39 is 11.0 Å². The Hall–Kier alpha value is -2.18. The topological polar surface area (TPSA) is 56.1 Å². The molecule has 0 fully saturated rings. The monoisotopic (exact) mass is 357 g/mol. The van der Waals surface area contributed by atoms with Gasteiger partial charge in [0, 0.05) is 24.1 Å². The zero-order chi connectivity index (χ0) is 17.1. The van der Waals surface area contributed by atoms with Gasteiger partial charge in [0.25, 0.3) is 0 Å². The van der Waals surface area contributed by atoms with Gasteiger partial charge in [-0.25, -0.2) is 4.21 Å². The average molecular weight is 357 g/mol. The molecule has 0 radical (unpaired) electrons. The van der Waals surface area contributed by atoms with Crippen molar-refractivity contribution in [1.82, 2.24) is 3.97 Å². The van der Waals surface area contributed by atoms with Crippen LogP contribution in [0.15, 0.2) is 65.7 Å². The molecule has 3 rings (SSSR count). The van der Waals surface area contributed by atoms with Gasteiger partial charge < -0.3 is 0 Å². The SMILES string of the molecule is CC(=O)SCC(=O)c1ccc2c(ccn2S(=O)c2ccccc2)c1. The highest BCUT2D eigenvalue weighted by molar-refractivity contribution is 8.14. The van der Waals surface area contributed by atoms with Gasteiger partial charge in [-0.1, -0.05) is 30.0 Å². The van der Waals surface area contributed by atoms with Crippen molar-refractivity contribution in [2.45, 2.75) is 11.8 Å². The number of nitrogens with zero attached hydrogens (tertiary/aromatic N) is 1. The van der Waals surface area contributed by atoms with Gasteiger partial charge in [-0.3, -0.25) is 13.6 Å². The molecule has 1 heterocycles. The molecule has 1 aromatic heterocycles. The van der Waals surface area contributed by atoms with Crippen LogP contribution in [0.1, 0.15) is 17.3 Å². The lowest BCUT2D eigenvalue weighted by atomic mass is 10.1. The molecule has 24 heavy (non-hydrogen) atoms. The highest BCUT2D eigenvalue weighted by atomic mass is 32.2. The van der Waals surface area contributed by atoms with Crippen LogP contribution in [0.4, 0.5) is 0 Å². The van der Waals surface area contributed by atoms with E-state index in [1.807, 2.05) is 36.4 Å². The summed E-state index contributed by atoms with van der Waals surface area (Å²) in [6, 6.07) is 16.3. The Morgan fingerprint density at radius 2 is 1.83 bits per heavy atom. The molecule has 2 aromatic carbocycles. The number of fused-ring (bicyclic) bond motifs is 1. The van der Waals surface area contributed by atoms with E-state index >= 15 is 0 Å². The molecule has 0 aliphatic carbocycles. The number of benzene rings is 2. The number of hydrogen-bond acceptors (Lipinski definition) is 4. The van der Waals surface area contributed by atoms with E-state index in [0.29, 0.717) is 10.5 Å².